The summed E-state index contributed by atoms with van der Waals surface area (Å²) in [5.41, 5.74) is 2.23. The molecule has 0 spiro atoms. The Balaban J connectivity index is 1.99. The van der Waals surface area contributed by atoms with Crippen LogP contribution in [0.5, 0.6) is 0 Å². The van der Waals surface area contributed by atoms with Crippen LogP contribution in [0.15, 0.2) is 24.3 Å². The van der Waals surface area contributed by atoms with Crippen LogP contribution in [0.4, 0.5) is 5.69 Å². The second-order valence-electron chi connectivity index (χ2n) is 6.51. The van der Waals surface area contributed by atoms with Gasteiger partial charge in [0.1, 0.15) is 0 Å². The first-order valence-electron chi connectivity index (χ1n) is 7.74. The van der Waals surface area contributed by atoms with Gasteiger partial charge in [0.2, 0.25) is 5.91 Å². The molecule has 1 heterocycles. The number of benzene rings is 1. The van der Waals surface area contributed by atoms with Gasteiger partial charge in [-0.2, -0.15) is 0 Å². The fourth-order valence-corrected chi connectivity index (χ4v) is 2.82. The lowest BCUT2D eigenvalue weighted by atomic mass is 9.89. The van der Waals surface area contributed by atoms with Crippen LogP contribution in [0.3, 0.4) is 0 Å². The van der Waals surface area contributed by atoms with Crippen LogP contribution >= 0.6 is 0 Å². The van der Waals surface area contributed by atoms with Crippen molar-refractivity contribution in [3.05, 3.63) is 29.8 Å². The van der Waals surface area contributed by atoms with Crippen molar-refractivity contribution in [1.82, 2.24) is 10.6 Å². The highest BCUT2D eigenvalue weighted by Gasteiger charge is 2.39. The Morgan fingerprint density at radius 2 is 2.00 bits per heavy atom. The first-order chi connectivity index (χ1) is 9.94. The van der Waals surface area contributed by atoms with E-state index < -0.39 is 0 Å². The Labute approximate surface area is 127 Å². The molecular weight excluding hydrogens is 262 g/mol. The summed E-state index contributed by atoms with van der Waals surface area (Å²) < 4.78 is 0. The third-order valence-electron chi connectivity index (χ3n) is 4.26. The largest absolute Gasteiger partial charge is 0.370 e. The zero-order valence-corrected chi connectivity index (χ0v) is 13.6. The number of anilines is 1. The fraction of sp³-hybridized carbons (Fsp3) is 0.588. The molecule has 1 aromatic rings. The average Bonchev–Trinajstić information content (AvgIpc) is 2.88. The lowest BCUT2D eigenvalue weighted by Crippen LogP contribution is -2.39. The first kappa shape index (κ1) is 15.8. The number of amides is 1. The highest BCUT2D eigenvalue weighted by molar-refractivity contribution is 5.83. The summed E-state index contributed by atoms with van der Waals surface area (Å²) in [6, 6.07) is 9.15. The molecule has 2 N–H and O–H groups in total. The normalized spacial score (nSPS) is 21.9. The molecule has 1 aliphatic rings. The molecule has 116 valence electrons. The van der Waals surface area contributed by atoms with E-state index in [-0.39, 0.29) is 11.3 Å². The fourth-order valence-electron chi connectivity index (χ4n) is 2.82. The van der Waals surface area contributed by atoms with Crippen molar-refractivity contribution in [3.8, 4) is 0 Å². The van der Waals surface area contributed by atoms with E-state index in [1.54, 1.807) is 7.05 Å². The van der Waals surface area contributed by atoms with Crippen LogP contribution in [-0.4, -0.2) is 32.1 Å². The standard InChI is InChI=1S/C17H27N3O/c1-13(2)19-11-14-5-7-15(8-6-14)20-10-9-17(3,12-20)16(21)18-4/h5-8,13,19H,9-12H2,1-4H3,(H,18,21). The van der Waals surface area contributed by atoms with Gasteiger partial charge in [-0.3, -0.25) is 4.79 Å². The number of hydrogen-bond acceptors (Lipinski definition) is 3. The summed E-state index contributed by atoms with van der Waals surface area (Å²) in [7, 11) is 1.72. The van der Waals surface area contributed by atoms with E-state index in [0.717, 1.165) is 26.1 Å². The van der Waals surface area contributed by atoms with Crippen molar-refractivity contribution in [3.63, 3.8) is 0 Å². The van der Waals surface area contributed by atoms with Crippen molar-refractivity contribution < 1.29 is 4.79 Å². The van der Waals surface area contributed by atoms with Crippen molar-refractivity contribution in [2.75, 3.05) is 25.0 Å². The van der Waals surface area contributed by atoms with Crippen molar-refractivity contribution in [1.29, 1.82) is 0 Å². The molecule has 4 nitrogen and oxygen atoms in total. The quantitative estimate of drug-likeness (QED) is 0.873. The molecule has 0 aliphatic carbocycles. The summed E-state index contributed by atoms with van der Waals surface area (Å²) in [5, 5.41) is 6.20. The van der Waals surface area contributed by atoms with Gasteiger partial charge in [0.25, 0.3) is 0 Å². The monoisotopic (exact) mass is 289 g/mol. The second kappa shape index (κ2) is 6.48. The number of nitrogens with zero attached hydrogens (tertiary/aromatic N) is 1. The lowest BCUT2D eigenvalue weighted by molar-refractivity contribution is -0.128. The second-order valence-corrected chi connectivity index (χ2v) is 6.51. The van der Waals surface area contributed by atoms with Crippen LogP contribution in [0, 0.1) is 5.41 Å². The van der Waals surface area contributed by atoms with E-state index in [1.807, 2.05) is 6.92 Å². The van der Waals surface area contributed by atoms with Crippen LogP contribution in [0.1, 0.15) is 32.8 Å². The summed E-state index contributed by atoms with van der Waals surface area (Å²) in [5.74, 6) is 0.141. The topological polar surface area (TPSA) is 44.4 Å². The summed E-state index contributed by atoms with van der Waals surface area (Å²) in [6.07, 6.45) is 0.906. The summed E-state index contributed by atoms with van der Waals surface area (Å²) in [6.45, 7) is 8.97. The first-order valence-corrected chi connectivity index (χ1v) is 7.74. The Bertz CT molecular complexity index is 483. The Kier molecular flexibility index (Phi) is 4.88. The van der Waals surface area contributed by atoms with Crippen LogP contribution < -0.4 is 15.5 Å². The highest BCUT2D eigenvalue weighted by Crippen LogP contribution is 2.33. The minimum atomic E-state index is -0.271. The van der Waals surface area contributed by atoms with Gasteiger partial charge < -0.3 is 15.5 Å². The Morgan fingerprint density at radius 3 is 2.57 bits per heavy atom. The smallest absolute Gasteiger partial charge is 0.227 e. The molecule has 0 saturated carbocycles. The number of carbonyl (C=O) groups excluding carboxylic acids is 1. The molecule has 1 saturated heterocycles. The molecule has 1 aliphatic heterocycles. The minimum absolute atomic E-state index is 0.141. The Morgan fingerprint density at radius 1 is 1.33 bits per heavy atom. The molecule has 21 heavy (non-hydrogen) atoms. The molecule has 1 fully saturated rings. The minimum Gasteiger partial charge on any atom is -0.370 e. The van der Waals surface area contributed by atoms with Gasteiger partial charge in [-0.05, 0) is 31.0 Å². The van der Waals surface area contributed by atoms with Crippen molar-refractivity contribution in [2.24, 2.45) is 5.41 Å². The summed E-state index contributed by atoms with van der Waals surface area (Å²) in [4.78, 5) is 14.3. The SMILES string of the molecule is CNC(=O)C1(C)CCN(c2ccc(CNC(C)C)cc2)C1. The van der Waals surface area contributed by atoms with E-state index in [2.05, 4.69) is 53.6 Å². The van der Waals surface area contributed by atoms with Crippen molar-refractivity contribution in [2.45, 2.75) is 39.8 Å². The van der Waals surface area contributed by atoms with Gasteiger partial charge in [0.05, 0.1) is 5.41 Å². The zero-order chi connectivity index (χ0) is 15.5. The number of hydrogen-bond donors (Lipinski definition) is 2. The van der Waals surface area contributed by atoms with Crippen LogP contribution in [0.2, 0.25) is 0 Å². The van der Waals surface area contributed by atoms with Gasteiger partial charge in [-0.1, -0.05) is 26.0 Å². The number of carbonyl (C=O) groups is 1. The number of rotatable bonds is 5. The zero-order valence-electron chi connectivity index (χ0n) is 13.6. The Hall–Kier alpha value is -1.55. The molecule has 1 atom stereocenters. The maximum absolute atomic E-state index is 12.0. The molecular formula is C17H27N3O. The van der Waals surface area contributed by atoms with Gasteiger partial charge in [0, 0.05) is 38.4 Å². The molecule has 0 bridgehead atoms. The van der Waals surface area contributed by atoms with E-state index >= 15 is 0 Å². The molecule has 1 aromatic carbocycles. The lowest BCUT2D eigenvalue weighted by Gasteiger charge is -2.24. The highest BCUT2D eigenvalue weighted by atomic mass is 16.2. The average molecular weight is 289 g/mol. The van der Waals surface area contributed by atoms with Gasteiger partial charge in [-0.25, -0.2) is 0 Å². The molecule has 0 aromatic heterocycles. The van der Waals surface area contributed by atoms with Gasteiger partial charge in [0.15, 0.2) is 0 Å². The maximum atomic E-state index is 12.0. The van der Waals surface area contributed by atoms with Gasteiger partial charge >= 0.3 is 0 Å². The maximum Gasteiger partial charge on any atom is 0.227 e. The third-order valence-corrected chi connectivity index (χ3v) is 4.26. The third kappa shape index (κ3) is 3.76. The molecule has 0 radical (unpaired) electrons. The van der Waals surface area contributed by atoms with Crippen LogP contribution in [0.25, 0.3) is 0 Å². The van der Waals surface area contributed by atoms with E-state index in [4.69, 9.17) is 0 Å². The van der Waals surface area contributed by atoms with E-state index in [9.17, 15) is 4.79 Å². The van der Waals surface area contributed by atoms with Crippen LogP contribution in [-0.2, 0) is 11.3 Å². The molecule has 1 amide bonds. The summed E-state index contributed by atoms with van der Waals surface area (Å²) >= 11 is 0. The van der Waals surface area contributed by atoms with E-state index in [1.165, 1.54) is 11.3 Å². The van der Waals surface area contributed by atoms with E-state index in [0.29, 0.717) is 6.04 Å². The predicted octanol–water partition coefficient (Wildman–Crippen LogP) is 2.15. The molecule has 2 rings (SSSR count). The number of nitrogens with one attached hydrogen (secondary N) is 2. The van der Waals surface area contributed by atoms with Crippen molar-refractivity contribution >= 4 is 11.6 Å². The van der Waals surface area contributed by atoms with Gasteiger partial charge in [-0.15, -0.1) is 0 Å². The predicted molar refractivity (Wildman–Crippen MR) is 87.4 cm³/mol. The molecule has 1 unspecified atom stereocenters. The molecule has 4 heteroatoms.